The molecule has 0 radical (unpaired) electrons. The molecule has 0 fully saturated rings. The van der Waals surface area contributed by atoms with Crippen LogP contribution in [0.25, 0.3) is 0 Å². The summed E-state index contributed by atoms with van der Waals surface area (Å²) in [4.78, 5) is 23.7. The fourth-order valence-corrected chi connectivity index (χ4v) is 2.07. The monoisotopic (exact) mass is 350 g/mol. The number of urea groups is 1. The molecule has 6 nitrogen and oxygen atoms in total. The van der Waals surface area contributed by atoms with Gasteiger partial charge in [0.15, 0.2) is 5.60 Å². The average molecular weight is 350 g/mol. The van der Waals surface area contributed by atoms with Gasteiger partial charge in [-0.25, -0.2) is 18.4 Å². The minimum atomic E-state index is -1.45. The Morgan fingerprint density at radius 3 is 2.00 bits per heavy atom. The number of ether oxygens (including phenoxy) is 1. The van der Waals surface area contributed by atoms with Gasteiger partial charge in [-0.3, -0.25) is 4.90 Å². The summed E-state index contributed by atoms with van der Waals surface area (Å²) < 4.78 is 32.1. The number of hydrogen-bond donors (Lipinski definition) is 2. The number of anilines is 2. The molecule has 0 aromatic heterocycles. The zero-order valence-electron chi connectivity index (χ0n) is 13.5. The van der Waals surface area contributed by atoms with Crippen LogP contribution in [0, 0.1) is 11.6 Å². The Balaban J connectivity index is 2.34. The first-order valence-electron chi connectivity index (χ1n) is 7.18. The largest absolute Gasteiger partial charge is 0.478 e. The Labute approximate surface area is 142 Å². The van der Waals surface area contributed by atoms with Crippen molar-refractivity contribution in [2.75, 3.05) is 4.90 Å². The molecule has 3 N–H and O–H groups in total. The van der Waals surface area contributed by atoms with E-state index in [1.807, 2.05) is 0 Å². The van der Waals surface area contributed by atoms with Crippen LogP contribution < -0.4 is 15.4 Å². The van der Waals surface area contributed by atoms with E-state index >= 15 is 0 Å². The molecule has 132 valence electrons. The summed E-state index contributed by atoms with van der Waals surface area (Å²) in [6.07, 6.45) is 0. The highest BCUT2D eigenvalue weighted by Crippen LogP contribution is 2.29. The summed E-state index contributed by atoms with van der Waals surface area (Å²) in [6, 6.07) is 7.34. The molecular weight excluding hydrogens is 334 g/mol. The number of carbonyl (C=O) groups is 2. The highest BCUT2D eigenvalue weighted by molar-refractivity contribution is 5.98. The summed E-state index contributed by atoms with van der Waals surface area (Å²) in [6.45, 7) is 2.77. The van der Waals surface area contributed by atoms with Crippen molar-refractivity contribution in [3.63, 3.8) is 0 Å². The number of carboxylic acids is 1. The van der Waals surface area contributed by atoms with Gasteiger partial charge >= 0.3 is 12.0 Å². The van der Waals surface area contributed by atoms with Gasteiger partial charge in [-0.2, -0.15) is 0 Å². The Morgan fingerprint density at radius 2 is 1.56 bits per heavy atom. The zero-order chi connectivity index (χ0) is 18.8. The van der Waals surface area contributed by atoms with Crippen LogP contribution in [0.1, 0.15) is 13.8 Å². The first-order valence-corrected chi connectivity index (χ1v) is 7.18. The lowest BCUT2D eigenvalue weighted by Crippen LogP contribution is -2.37. The topological polar surface area (TPSA) is 92.9 Å². The Kier molecular flexibility index (Phi) is 4.92. The third kappa shape index (κ3) is 4.23. The van der Waals surface area contributed by atoms with Crippen molar-refractivity contribution < 1.29 is 28.2 Å². The molecule has 0 atom stereocenters. The number of rotatable bonds is 5. The molecule has 0 saturated heterocycles. The van der Waals surface area contributed by atoms with E-state index in [2.05, 4.69) is 0 Å². The number of nitrogens with zero attached hydrogens (tertiary/aromatic N) is 1. The summed E-state index contributed by atoms with van der Waals surface area (Å²) in [5.74, 6) is -2.62. The molecule has 0 spiro atoms. The van der Waals surface area contributed by atoms with Crippen LogP contribution in [0.5, 0.6) is 5.75 Å². The molecule has 8 heteroatoms. The minimum absolute atomic E-state index is 0.0791. The van der Waals surface area contributed by atoms with E-state index in [1.54, 1.807) is 0 Å². The van der Waals surface area contributed by atoms with Crippen molar-refractivity contribution in [2.45, 2.75) is 19.4 Å². The van der Waals surface area contributed by atoms with E-state index < -0.39 is 29.2 Å². The maximum Gasteiger partial charge on any atom is 0.347 e. The summed E-state index contributed by atoms with van der Waals surface area (Å²) >= 11 is 0. The lowest BCUT2D eigenvalue weighted by molar-refractivity contribution is -0.152. The molecule has 0 aliphatic carbocycles. The van der Waals surface area contributed by atoms with Gasteiger partial charge in [0.05, 0.1) is 11.4 Å². The van der Waals surface area contributed by atoms with Gasteiger partial charge in [0.25, 0.3) is 0 Å². The standard InChI is InChI=1S/C17H16F2N2O4/c1-17(2,15(22)23)25-14-5-3-12(4-6-14)21(16(20)24)13-8-10(18)7-11(19)9-13/h3-9H,1-2H3,(H2,20,24)(H,22,23). The summed E-state index contributed by atoms with van der Waals surface area (Å²) in [5, 5.41) is 9.05. The second-order valence-corrected chi connectivity index (χ2v) is 5.71. The number of carbonyl (C=O) groups excluding carboxylic acids is 1. The van der Waals surface area contributed by atoms with Crippen molar-refractivity contribution >= 4 is 23.4 Å². The average Bonchev–Trinajstić information content (AvgIpc) is 2.47. The van der Waals surface area contributed by atoms with E-state index in [0.717, 1.165) is 17.0 Å². The molecule has 0 bridgehead atoms. The van der Waals surface area contributed by atoms with Gasteiger partial charge in [-0.1, -0.05) is 0 Å². The number of amides is 2. The van der Waals surface area contributed by atoms with Gasteiger partial charge < -0.3 is 15.6 Å². The number of benzene rings is 2. The number of primary amides is 1. The van der Waals surface area contributed by atoms with Gasteiger partial charge in [0.1, 0.15) is 17.4 Å². The van der Waals surface area contributed by atoms with Gasteiger partial charge in [-0.05, 0) is 50.2 Å². The predicted octanol–water partition coefficient (Wildman–Crippen LogP) is 3.42. The third-order valence-electron chi connectivity index (χ3n) is 3.31. The first kappa shape index (κ1) is 18.2. The molecule has 2 aromatic carbocycles. The zero-order valence-corrected chi connectivity index (χ0v) is 13.5. The normalized spacial score (nSPS) is 11.0. The van der Waals surface area contributed by atoms with Crippen LogP contribution in [-0.2, 0) is 4.79 Å². The molecule has 2 rings (SSSR count). The molecule has 0 saturated carbocycles. The van der Waals surface area contributed by atoms with Crippen LogP contribution in [-0.4, -0.2) is 22.7 Å². The quantitative estimate of drug-likeness (QED) is 0.864. The lowest BCUT2D eigenvalue weighted by atomic mass is 10.1. The number of aliphatic carboxylic acids is 1. The van der Waals surface area contributed by atoms with Crippen LogP contribution in [0.15, 0.2) is 42.5 Å². The molecule has 2 amide bonds. The van der Waals surface area contributed by atoms with E-state index in [0.29, 0.717) is 6.07 Å². The van der Waals surface area contributed by atoms with E-state index in [-0.39, 0.29) is 17.1 Å². The number of nitrogens with two attached hydrogens (primary N) is 1. The van der Waals surface area contributed by atoms with Crippen molar-refractivity contribution in [1.29, 1.82) is 0 Å². The first-order chi connectivity index (χ1) is 11.6. The smallest absolute Gasteiger partial charge is 0.347 e. The highest BCUT2D eigenvalue weighted by atomic mass is 19.1. The van der Waals surface area contributed by atoms with Crippen LogP contribution >= 0.6 is 0 Å². The predicted molar refractivity (Wildman–Crippen MR) is 86.9 cm³/mol. The molecular formula is C17H16F2N2O4. The maximum absolute atomic E-state index is 13.4. The molecule has 0 aliphatic heterocycles. The number of carboxylic acid groups (broad SMARTS) is 1. The fourth-order valence-electron chi connectivity index (χ4n) is 2.07. The fraction of sp³-hybridized carbons (Fsp3) is 0.176. The Morgan fingerprint density at radius 1 is 1.04 bits per heavy atom. The Bertz CT molecular complexity index is 787. The summed E-state index contributed by atoms with van der Waals surface area (Å²) in [7, 11) is 0. The SMILES string of the molecule is CC(C)(Oc1ccc(N(C(N)=O)c2cc(F)cc(F)c2)cc1)C(=O)O. The summed E-state index contributed by atoms with van der Waals surface area (Å²) in [5.41, 5.74) is 4.02. The molecule has 0 aliphatic rings. The van der Waals surface area contributed by atoms with Gasteiger partial charge in [-0.15, -0.1) is 0 Å². The number of hydrogen-bond acceptors (Lipinski definition) is 3. The van der Waals surface area contributed by atoms with Crippen molar-refractivity contribution in [2.24, 2.45) is 5.73 Å². The van der Waals surface area contributed by atoms with Crippen LogP contribution in [0.4, 0.5) is 25.0 Å². The minimum Gasteiger partial charge on any atom is -0.478 e. The van der Waals surface area contributed by atoms with Crippen LogP contribution in [0.3, 0.4) is 0 Å². The van der Waals surface area contributed by atoms with Gasteiger partial charge in [0.2, 0.25) is 0 Å². The van der Waals surface area contributed by atoms with Crippen molar-refractivity contribution in [3.8, 4) is 5.75 Å². The molecule has 0 unspecified atom stereocenters. The van der Waals surface area contributed by atoms with Gasteiger partial charge in [0, 0.05) is 6.07 Å². The van der Waals surface area contributed by atoms with E-state index in [1.165, 1.54) is 38.1 Å². The molecule has 2 aromatic rings. The Hall–Kier alpha value is -3.16. The molecule has 0 heterocycles. The van der Waals surface area contributed by atoms with Crippen LogP contribution in [0.2, 0.25) is 0 Å². The van der Waals surface area contributed by atoms with E-state index in [9.17, 15) is 18.4 Å². The molecule has 25 heavy (non-hydrogen) atoms. The second-order valence-electron chi connectivity index (χ2n) is 5.71. The maximum atomic E-state index is 13.4. The third-order valence-corrected chi connectivity index (χ3v) is 3.31. The highest BCUT2D eigenvalue weighted by Gasteiger charge is 2.29. The lowest BCUT2D eigenvalue weighted by Gasteiger charge is -2.23. The van der Waals surface area contributed by atoms with Crippen molar-refractivity contribution in [3.05, 3.63) is 54.1 Å². The van der Waals surface area contributed by atoms with Crippen molar-refractivity contribution in [1.82, 2.24) is 0 Å². The number of halogens is 2. The second kappa shape index (κ2) is 6.76. The van der Waals surface area contributed by atoms with E-state index in [4.69, 9.17) is 15.6 Å².